The number of amides is 1. The summed E-state index contributed by atoms with van der Waals surface area (Å²) in [6, 6.07) is 8.40. The maximum atomic E-state index is 11.9. The number of hydrogen-bond acceptors (Lipinski definition) is 6. The molecule has 3 N–H and O–H groups in total. The Bertz CT molecular complexity index is 661. The Labute approximate surface area is 128 Å². The van der Waals surface area contributed by atoms with Crippen LogP contribution in [0.4, 0.5) is 11.5 Å². The first-order valence-electron chi connectivity index (χ1n) is 6.49. The number of rotatable bonds is 6. The molecule has 0 aliphatic rings. The summed E-state index contributed by atoms with van der Waals surface area (Å²) in [7, 11) is 3.07. The number of nitrogen functional groups attached to an aromatic ring is 1. The minimum atomic E-state index is -0.341. The quantitative estimate of drug-likeness (QED) is 0.843. The van der Waals surface area contributed by atoms with Crippen molar-refractivity contribution in [2.45, 2.75) is 0 Å². The van der Waals surface area contributed by atoms with Crippen LogP contribution in [0, 0.1) is 0 Å². The van der Waals surface area contributed by atoms with Crippen LogP contribution in [-0.4, -0.2) is 31.7 Å². The molecule has 116 valence electrons. The number of ether oxygens (including phenoxy) is 3. The van der Waals surface area contributed by atoms with Crippen molar-refractivity contribution in [1.29, 1.82) is 0 Å². The summed E-state index contributed by atoms with van der Waals surface area (Å²) >= 11 is 0. The fourth-order valence-corrected chi connectivity index (χ4v) is 1.76. The van der Waals surface area contributed by atoms with Crippen LogP contribution in [0.3, 0.4) is 0 Å². The molecule has 7 nitrogen and oxygen atoms in total. The number of methoxy groups -OCH3 is 2. The zero-order chi connectivity index (χ0) is 15.9. The van der Waals surface area contributed by atoms with E-state index in [0.29, 0.717) is 22.9 Å². The molecule has 0 bridgehead atoms. The third kappa shape index (κ3) is 3.78. The van der Waals surface area contributed by atoms with Crippen LogP contribution in [-0.2, 0) is 4.79 Å². The van der Waals surface area contributed by atoms with Crippen LogP contribution < -0.4 is 25.3 Å². The third-order valence-electron chi connectivity index (χ3n) is 2.84. The number of carbonyl (C=O) groups excluding carboxylic acids is 1. The van der Waals surface area contributed by atoms with Crippen LogP contribution in [0.25, 0.3) is 0 Å². The van der Waals surface area contributed by atoms with Crippen molar-refractivity contribution in [1.82, 2.24) is 4.98 Å². The zero-order valence-electron chi connectivity index (χ0n) is 12.3. The summed E-state index contributed by atoms with van der Waals surface area (Å²) in [5.74, 6) is 1.38. The minimum Gasteiger partial charge on any atom is -0.497 e. The van der Waals surface area contributed by atoms with Gasteiger partial charge in [-0.1, -0.05) is 0 Å². The zero-order valence-corrected chi connectivity index (χ0v) is 12.3. The number of anilines is 2. The van der Waals surface area contributed by atoms with Gasteiger partial charge in [-0.2, -0.15) is 0 Å². The molecule has 22 heavy (non-hydrogen) atoms. The standard InChI is InChI=1S/C15H17N3O4/c1-20-10-5-6-11(13(8-10)21-2)18-14(19)9-22-12-4-3-7-17-15(12)16/h3-8H,9H2,1-2H3,(H2,16,17)(H,18,19). The number of pyridine rings is 1. The van der Waals surface area contributed by atoms with Gasteiger partial charge in [-0.25, -0.2) is 4.98 Å². The molecule has 1 amide bonds. The normalized spacial score (nSPS) is 9.91. The van der Waals surface area contributed by atoms with Crippen LogP contribution in [0.15, 0.2) is 36.5 Å². The van der Waals surface area contributed by atoms with Gasteiger partial charge in [0.2, 0.25) is 0 Å². The molecule has 2 rings (SSSR count). The monoisotopic (exact) mass is 303 g/mol. The lowest BCUT2D eigenvalue weighted by Gasteiger charge is -2.12. The molecular weight excluding hydrogens is 286 g/mol. The molecule has 7 heteroatoms. The number of aromatic nitrogens is 1. The van der Waals surface area contributed by atoms with E-state index in [9.17, 15) is 4.79 Å². The van der Waals surface area contributed by atoms with Gasteiger partial charge in [-0.15, -0.1) is 0 Å². The Morgan fingerprint density at radius 2 is 2.05 bits per heavy atom. The first-order chi connectivity index (χ1) is 10.6. The highest BCUT2D eigenvalue weighted by atomic mass is 16.5. The molecule has 1 heterocycles. The molecule has 0 saturated heterocycles. The lowest BCUT2D eigenvalue weighted by Crippen LogP contribution is -2.21. The maximum Gasteiger partial charge on any atom is 0.262 e. The van der Waals surface area contributed by atoms with Gasteiger partial charge in [0, 0.05) is 12.3 Å². The van der Waals surface area contributed by atoms with Crippen molar-refractivity contribution in [3.05, 3.63) is 36.5 Å². The van der Waals surface area contributed by atoms with Gasteiger partial charge in [0.25, 0.3) is 5.91 Å². The van der Waals surface area contributed by atoms with Crippen LogP contribution >= 0.6 is 0 Å². The van der Waals surface area contributed by atoms with E-state index in [0.717, 1.165) is 0 Å². The van der Waals surface area contributed by atoms with Crippen LogP contribution in [0.2, 0.25) is 0 Å². The lowest BCUT2D eigenvalue weighted by molar-refractivity contribution is -0.118. The van der Waals surface area contributed by atoms with E-state index in [4.69, 9.17) is 19.9 Å². The molecule has 0 unspecified atom stereocenters. The number of carbonyl (C=O) groups is 1. The SMILES string of the molecule is COc1ccc(NC(=O)COc2cccnc2N)c(OC)c1. The molecule has 1 aromatic heterocycles. The molecule has 0 atom stereocenters. The average Bonchev–Trinajstić information content (AvgIpc) is 2.54. The minimum absolute atomic E-state index is 0.189. The molecule has 0 saturated carbocycles. The number of hydrogen-bond donors (Lipinski definition) is 2. The molecule has 0 aliphatic carbocycles. The van der Waals surface area contributed by atoms with Crippen molar-refractivity contribution < 1.29 is 19.0 Å². The smallest absolute Gasteiger partial charge is 0.262 e. The average molecular weight is 303 g/mol. The highest BCUT2D eigenvalue weighted by Crippen LogP contribution is 2.29. The molecule has 1 aromatic carbocycles. The second kappa shape index (κ2) is 7.16. The number of nitrogens with one attached hydrogen (secondary N) is 1. The van der Waals surface area contributed by atoms with Crippen molar-refractivity contribution in [2.24, 2.45) is 0 Å². The van der Waals surface area contributed by atoms with Gasteiger partial charge >= 0.3 is 0 Å². The Morgan fingerprint density at radius 3 is 2.73 bits per heavy atom. The van der Waals surface area contributed by atoms with Crippen molar-refractivity contribution >= 4 is 17.4 Å². The Hall–Kier alpha value is -2.96. The summed E-state index contributed by atoms with van der Waals surface area (Å²) in [6.45, 7) is -0.189. The highest BCUT2D eigenvalue weighted by molar-refractivity contribution is 5.93. The van der Waals surface area contributed by atoms with Gasteiger partial charge in [0.15, 0.2) is 18.2 Å². The van der Waals surface area contributed by atoms with E-state index in [1.54, 1.807) is 43.6 Å². The summed E-state index contributed by atoms with van der Waals surface area (Å²) in [5.41, 5.74) is 6.16. The molecular formula is C15H17N3O4. The Morgan fingerprint density at radius 1 is 1.23 bits per heavy atom. The van der Waals surface area contributed by atoms with Crippen molar-refractivity contribution in [2.75, 3.05) is 31.9 Å². The summed E-state index contributed by atoms with van der Waals surface area (Å²) in [5, 5.41) is 2.70. The fraction of sp³-hybridized carbons (Fsp3) is 0.200. The van der Waals surface area contributed by atoms with Gasteiger partial charge in [0.05, 0.1) is 19.9 Å². The summed E-state index contributed by atoms with van der Waals surface area (Å²) < 4.78 is 15.6. The van der Waals surface area contributed by atoms with Crippen molar-refractivity contribution in [3.8, 4) is 17.2 Å². The Kier molecular flexibility index (Phi) is 5.02. The number of benzene rings is 1. The summed E-state index contributed by atoms with van der Waals surface area (Å²) in [6.07, 6.45) is 1.55. The Balaban J connectivity index is 1.99. The highest BCUT2D eigenvalue weighted by Gasteiger charge is 2.10. The predicted molar refractivity (Wildman–Crippen MR) is 82.3 cm³/mol. The lowest BCUT2D eigenvalue weighted by atomic mass is 10.2. The van der Waals surface area contributed by atoms with Gasteiger partial charge in [-0.05, 0) is 24.3 Å². The van der Waals surface area contributed by atoms with Gasteiger partial charge in [-0.3, -0.25) is 4.79 Å². The van der Waals surface area contributed by atoms with Gasteiger partial charge in [0.1, 0.15) is 11.5 Å². The fourth-order valence-electron chi connectivity index (χ4n) is 1.76. The van der Waals surface area contributed by atoms with Crippen LogP contribution in [0.1, 0.15) is 0 Å². The van der Waals surface area contributed by atoms with Gasteiger partial charge < -0.3 is 25.3 Å². The predicted octanol–water partition coefficient (Wildman–Crippen LogP) is 1.70. The number of nitrogens with zero attached hydrogens (tertiary/aromatic N) is 1. The molecule has 0 aliphatic heterocycles. The molecule has 0 spiro atoms. The largest absolute Gasteiger partial charge is 0.497 e. The second-order valence-electron chi connectivity index (χ2n) is 4.29. The summed E-state index contributed by atoms with van der Waals surface area (Å²) in [4.78, 5) is 15.8. The van der Waals surface area contributed by atoms with E-state index < -0.39 is 0 Å². The van der Waals surface area contributed by atoms with E-state index in [-0.39, 0.29) is 18.3 Å². The first kappa shape index (κ1) is 15.4. The third-order valence-corrected chi connectivity index (χ3v) is 2.84. The second-order valence-corrected chi connectivity index (χ2v) is 4.29. The maximum absolute atomic E-state index is 11.9. The molecule has 2 aromatic rings. The first-order valence-corrected chi connectivity index (χ1v) is 6.49. The van der Waals surface area contributed by atoms with E-state index in [2.05, 4.69) is 10.3 Å². The van der Waals surface area contributed by atoms with E-state index in [1.165, 1.54) is 7.11 Å². The topological polar surface area (TPSA) is 95.7 Å². The number of nitrogens with two attached hydrogens (primary N) is 1. The van der Waals surface area contributed by atoms with Crippen LogP contribution in [0.5, 0.6) is 17.2 Å². The molecule has 0 fully saturated rings. The van der Waals surface area contributed by atoms with E-state index >= 15 is 0 Å². The van der Waals surface area contributed by atoms with E-state index in [1.807, 2.05) is 0 Å². The van der Waals surface area contributed by atoms with Crippen molar-refractivity contribution in [3.63, 3.8) is 0 Å². The molecule has 0 radical (unpaired) electrons.